The Kier molecular flexibility index (Phi) is 5.23. The lowest BCUT2D eigenvalue weighted by molar-refractivity contribution is -0.173. The number of hydrogen-bond acceptors (Lipinski definition) is 2. The molecule has 0 saturated heterocycles. The van der Waals surface area contributed by atoms with Gasteiger partial charge in [0.1, 0.15) is 0 Å². The number of alkyl halides is 3. The van der Waals surface area contributed by atoms with Crippen LogP contribution in [0.3, 0.4) is 0 Å². The van der Waals surface area contributed by atoms with Crippen LogP contribution in [0, 0.1) is 6.92 Å². The first-order chi connectivity index (χ1) is 11.3. The molecule has 2 aromatic carbocycles. The summed E-state index contributed by atoms with van der Waals surface area (Å²) in [5, 5.41) is 4.44. The van der Waals surface area contributed by atoms with Gasteiger partial charge in [-0.1, -0.05) is 29.8 Å². The largest absolute Gasteiger partial charge is 0.471 e. The molecule has 2 amide bonds. The van der Waals surface area contributed by atoms with Gasteiger partial charge in [-0.2, -0.15) is 13.2 Å². The smallest absolute Gasteiger partial charge is 0.344 e. The van der Waals surface area contributed by atoms with E-state index in [-0.39, 0.29) is 12.5 Å². The van der Waals surface area contributed by atoms with Crippen molar-refractivity contribution in [2.24, 2.45) is 0 Å². The number of halogens is 3. The van der Waals surface area contributed by atoms with E-state index in [1.165, 1.54) is 6.07 Å². The van der Waals surface area contributed by atoms with Crippen molar-refractivity contribution in [3.63, 3.8) is 0 Å². The normalized spacial score (nSPS) is 11.0. The molecule has 0 unspecified atom stereocenters. The molecule has 2 aromatic rings. The van der Waals surface area contributed by atoms with Gasteiger partial charge >= 0.3 is 12.1 Å². The SMILES string of the molecule is Cc1ccc(C(=O)Nc2cccc(CNC(=O)C(F)(F)F)c2)cc1. The highest BCUT2D eigenvalue weighted by Gasteiger charge is 2.38. The number of anilines is 1. The molecule has 0 aliphatic carbocycles. The highest BCUT2D eigenvalue weighted by atomic mass is 19.4. The topological polar surface area (TPSA) is 58.2 Å². The zero-order valence-corrected chi connectivity index (χ0v) is 12.8. The summed E-state index contributed by atoms with van der Waals surface area (Å²) < 4.78 is 36.5. The lowest BCUT2D eigenvalue weighted by atomic mass is 10.1. The summed E-state index contributed by atoms with van der Waals surface area (Å²) in [6.07, 6.45) is -4.92. The van der Waals surface area contributed by atoms with Gasteiger partial charge in [0.25, 0.3) is 5.91 Å². The lowest BCUT2D eigenvalue weighted by Crippen LogP contribution is -2.36. The molecule has 4 nitrogen and oxygen atoms in total. The zero-order chi connectivity index (χ0) is 17.7. The molecule has 24 heavy (non-hydrogen) atoms. The average Bonchev–Trinajstić information content (AvgIpc) is 2.52. The first-order valence-corrected chi connectivity index (χ1v) is 7.08. The molecule has 2 rings (SSSR count). The van der Waals surface area contributed by atoms with Crippen LogP contribution >= 0.6 is 0 Å². The van der Waals surface area contributed by atoms with Crippen molar-refractivity contribution in [2.45, 2.75) is 19.6 Å². The van der Waals surface area contributed by atoms with Crippen molar-refractivity contribution in [1.29, 1.82) is 0 Å². The number of benzene rings is 2. The van der Waals surface area contributed by atoms with Crippen LogP contribution in [0.5, 0.6) is 0 Å². The molecule has 0 bridgehead atoms. The third-order valence-electron chi connectivity index (χ3n) is 3.21. The molecule has 126 valence electrons. The summed E-state index contributed by atoms with van der Waals surface area (Å²) in [6, 6.07) is 13.2. The molecule has 0 saturated carbocycles. The minimum atomic E-state index is -4.92. The maximum absolute atomic E-state index is 12.2. The Morgan fingerprint density at radius 2 is 1.71 bits per heavy atom. The van der Waals surface area contributed by atoms with Crippen LogP contribution < -0.4 is 10.6 Å². The van der Waals surface area contributed by atoms with Gasteiger partial charge in [0.15, 0.2) is 0 Å². The van der Waals surface area contributed by atoms with Crippen molar-refractivity contribution in [2.75, 3.05) is 5.32 Å². The molecule has 0 heterocycles. The highest BCUT2D eigenvalue weighted by Crippen LogP contribution is 2.16. The molecule has 0 aliphatic heterocycles. The highest BCUT2D eigenvalue weighted by molar-refractivity contribution is 6.04. The van der Waals surface area contributed by atoms with E-state index in [0.29, 0.717) is 16.8 Å². The van der Waals surface area contributed by atoms with Crippen LogP contribution in [0.4, 0.5) is 18.9 Å². The van der Waals surface area contributed by atoms with E-state index in [4.69, 9.17) is 0 Å². The van der Waals surface area contributed by atoms with Crippen molar-refractivity contribution in [1.82, 2.24) is 5.32 Å². The summed E-state index contributed by atoms with van der Waals surface area (Å²) in [6.45, 7) is 1.62. The number of amides is 2. The van der Waals surface area contributed by atoms with Crippen molar-refractivity contribution in [3.05, 3.63) is 65.2 Å². The summed E-state index contributed by atoms with van der Waals surface area (Å²) in [4.78, 5) is 22.9. The van der Waals surface area contributed by atoms with E-state index in [1.54, 1.807) is 47.8 Å². The Morgan fingerprint density at radius 3 is 2.33 bits per heavy atom. The third-order valence-corrected chi connectivity index (χ3v) is 3.21. The zero-order valence-electron chi connectivity index (χ0n) is 12.8. The van der Waals surface area contributed by atoms with Gasteiger partial charge in [-0.15, -0.1) is 0 Å². The van der Waals surface area contributed by atoms with Gasteiger partial charge in [-0.05, 0) is 36.8 Å². The Labute approximate surface area is 136 Å². The van der Waals surface area contributed by atoms with Crippen molar-refractivity contribution in [3.8, 4) is 0 Å². The molecule has 7 heteroatoms. The minimum absolute atomic E-state index is 0.285. The van der Waals surface area contributed by atoms with Crippen LogP contribution in [0.15, 0.2) is 48.5 Å². The van der Waals surface area contributed by atoms with Gasteiger partial charge in [-0.25, -0.2) is 0 Å². The average molecular weight is 336 g/mol. The monoisotopic (exact) mass is 336 g/mol. The van der Waals surface area contributed by atoms with Crippen LogP contribution in [-0.2, 0) is 11.3 Å². The van der Waals surface area contributed by atoms with Crippen molar-refractivity contribution >= 4 is 17.5 Å². The Balaban J connectivity index is 2.01. The second-order valence-corrected chi connectivity index (χ2v) is 5.20. The fourth-order valence-corrected chi connectivity index (χ4v) is 1.95. The Hall–Kier alpha value is -2.83. The fourth-order valence-electron chi connectivity index (χ4n) is 1.95. The first kappa shape index (κ1) is 17.5. The van der Waals surface area contributed by atoms with E-state index in [2.05, 4.69) is 5.32 Å². The second-order valence-electron chi connectivity index (χ2n) is 5.20. The number of hydrogen-bond donors (Lipinski definition) is 2. The molecule has 0 aliphatic rings. The van der Waals surface area contributed by atoms with Crippen LogP contribution in [0.25, 0.3) is 0 Å². The molecule has 0 radical (unpaired) electrons. The van der Waals surface area contributed by atoms with Gasteiger partial charge in [0, 0.05) is 17.8 Å². The number of carbonyl (C=O) groups excluding carboxylic acids is 2. The quantitative estimate of drug-likeness (QED) is 0.899. The van der Waals surface area contributed by atoms with Gasteiger partial charge < -0.3 is 10.6 Å². The fraction of sp³-hybridized carbons (Fsp3) is 0.176. The maximum Gasteiger partial charge on any atom is 0.471 e. The van der Waals surface area contributed by atoms with E-state index in [1.807, 2.05) is 6.92 Å². The number of carbonyl (C=O) groups is 2. The number of rotatable bonds is 4. The molecule has 0 spiro atoms. The van der Waals surface area contributed by atoms with E-state index in [0.717, 1.165) is 5.56 Å². The second kappa shape index (κ2) is 7.16. The predicted molar refractivity (Wildman–Crippen MR) is 83.5 cm³/mol. The minimum Gasteiger partial charge on any atom is -0.344 e. The summed E-state index contributed by atoms with van der Waals surface area (Å²) in [5.74, 6) is -2.33. The van der Waals surface area contributed by atoms with Gasteiger partial charge in [0.05, 0.1) is 0 Å². The van der Waals surface area contributed by atoms with Gasteiger partial charge in [0.2, 0.25) is 0 Å². The molecule has 0 aromatic heterocycles. The van der Waals surface area contributed by atoms with Crippen LogP contribution in [0.2, 0.25) is 0 Å². The standard InChI is InChI=1S/C17H15F3N2O2/c1-11-5-7-13(8-6-11)15(23)22-14-4-2-3-12(9-14)10-21-16(24)17(18,19)20/h2-9H,10H2,1H3,(H,21,24)(H,22,23). The van der Waals surface area contributed by atoms with Crippen LogP contribution in [0.1, 0.15) is 21.5 Å². The lowest BCUT2D eigenvalue weighted by Gasteiger charge is -2.10. The third kappa shape index (κ3) is 4.84. The van der Waals surface area contributed by atoms with Crippen molar-refractivity contribution < 1.29 is 22.8 Å². The summed E-state index contributed by atoms with van der Waals surface area (Å²) >= 11 is 0. The molecular formula is C17H15F3N2O2. The predicted octanol–water partition coefficient (Wildman–Crippen LogP) is 3.43. The van der Waals surface area contributed by atoms with Crippen LogP contribution in [-0.4, -0.2) is 18.0 Å². The van der Waals surface area contributed by atoms with E-state index in [9.17, 15) is 22.8 Å². The number of nitrogens with one attached hydrogen (secondary N) is 2. The Bertz CT molecular complexity index is 740. The Morgan fingerprint density at radius 1 is 1.04 bits per heavy atom. The molecular weight excluding hydrogens is 321 g/mol. The molecule has 0 fully saturated rings. The maximum atomic E-state index is 12.2. The van der Waals surface area contributed by atoms with Gasteiger partial charge in [-0.3, -0.25) is 9.59 Å². The molecule has 0 atom stereocenters. The van der Waals surface area contributed by atoms with E-state index >= 15 is 0 Å². The molecule has 2 N–H and O–H groups in total. The summed E-state index contributed by atoms with van der Waals surface area (Å²) in [7, 11) is 0. The number of aryl methyl sites for hydroxylation is 1. The van der Waals surface area contributed by atoms with E-state index < -0.39 is 12.1 Å². The summed E-state index contributed by atoms with van der Waals surface area (Å²) in [5.41, 5.74) is 2.36. The first-order valence-electron chi connectivity index (χ1n) is 7.08.